The monoisotopic (exact) mass is 449 g/mol. The van der Waals surface area contributed by atoms with Crippen LogP contribution in [0.15, 0.2) is 35.6 Å². The van der Waals surface area contributed by atoms with Gasteiger partial charge in [-0.3, -0.25) is 4.79 Å². The van der Waals surface area contributed by atoms with Crippen LogP contribution in [-0.2, 0) is 33.5 Å². The molecule has 0 bridgehead atoms. The van der Waals surface area contributed by atoms with Gasteiger partial charge < -0.3 is 9.47 Å². The van der Waals surface area contributed by atoms with Crippen LogP contribution < -0.4 is 0 Å². The predicted octanol–water partition coefficient (Wildman–Crippen LogP) is 4.07. The van der Waals surface area contributed by atoms with Gasteiger partial charge in [0.25, 0.3) is 0 Å². The lowest BCUT2D eigenvalue weighted by molar-refractivity contribution is -0.133. The van der Waals surface area contributed by atoms with E-state index < -0.39 is 9.84 Å². The van der Waals surface area contributed by atoms with Crippen molar-refractivity contribution in [3.05, 3.63) is 46.7 Å². The Hall–Kier alpha value is -1.86. The molecule has 2 aromatic rings. The van der Waals surface area contributed by atoms with E-state index in [0.717, 1.165) is 31.4 Å². The molecule has 0 saturated heterocycles. The van der Waals surface area contributed by atoms with E-state index in [1.165, 1.54) is 0 Å². The molecule has 8 heteroatoms. The molecule has 1 heterocycles. The van der Waals surface area contributed by atoms with Crippen LogP contribution in [0.25, 0.3) is 0 Å². The Bertz CT molecular complexity index is 1040. The Labute approximate surface area is 183 Å². The fourth-order valence-corrected chi connectivity index (χ4v) is 5.45. The fourth-order valence-electron chi connectivity index (χ4n) is 3.75. The predicted molar refractivity (Wildman–Crippen MR) is 116 cm³/mol. The summed E-state index contributed by atoms with van der Waals surface area (Å²) < 4.78 is 28.2. The van der Waals surface area contributed by atoms with Crippen molar-refractivity contribution in [3.8, 4) is 0 Å². The number of amides is 1. The summed E-state index contributed by atoms with van der Waals surface area (Å²) in [6.45, 7) is 5.05. The zero-order valence-corrected chi connectivity index (χ0v) is 19.0. The largest absolute Gasteiger partial charge is 0.334 e. The normalized spacial score (nSPS) is 16.8. The minimum atomic E-state index is -3.66. The minimum Gasteiger partial charge on any atom is -0.334 e. The highest BCUT2D eigenvalue weighted by atomic mass is 35.5. The number of carbonyl (C=O) groups is 1. The van der Waals surface area contributed by atoms with Crippen LogP contribution in [0, 0.1) is 11.8 Å². The van der Waals surface area contributed by atoms with Crippen LogP contribution in [0.3, 0.4) is 0 Å². The molecule has 2 aliphatic rings. The highest BCUT2D eigenvalue weighted by Gasteiger charge is 2.40. The molecule has 1 aromatic carbocycles. The maximum atomic E-state index is 13.2. The zero-order chi connectivity index (χ0) is 21.5. The van der Waals surface area contributed by atoms with E-state index >= 15 is 0 Å². The van der Waals surface area contributed by atoms with Gasteiger partial charge in [-0.2, -0.15) is 0 Å². The van der Waals surface area contributed by atoms with E-state index in [0.29, 0.717) is 23.7 Å². The number of rotatable bonds is 9. The lowest BCUT2D eigenvalue weighted by Crippen LogP contribution is -2.34. The summed E-state index contributed by atoms with van der Waals surface area (Å²) in [6, 6.07) is 7.17. The summed E-state index contributed by atoms with van der Waals surface area (Å²) >= 11 is 6.02. The fraction of sp³-hybridized carbons (Fsp3) is 0.545. The molecule has 0 atom stereocenters. The van der Waals surface area contributed by atoms with Gasteiger partial charge in [0.05, 0.1) is 24.2 Å². The van der Waals surface area contributed by atoms with Gasteiger partial charge >= 0.3 is 0 Å². The zero-order valence-electron chi connectivity index (χ0n) is 17.4. The van der Waals surface area contributed by atoms with E-state index in [1.54, 1.807) is 35.0 Å². The molecule has 1 amide bonds. The first kappa shape index (κ1) is 21.4. The van der Waals surface area contributed by atoms with Gasteiger partial charge in [-0.1, -0.05) is 37.6 Å². The molecule has 0 N–H and O–H groups in total. The maximum absolute atomic E-state index is 13.2. The van der Waals surface area contributed by atoms with Crippen LogP contribution in [0.5, 0.6) is 0 Å². The molecule has 1 aromatic heterocycles. The van der Waals surface area contributed by atoms with Crippen molar-refractivity contribution in [1.29, 1.82) is 0 Å². The molecular formula is C22H28ClN3O3S. The minimum absolute atomic E-state index is 0.0702. The van der Waals surface area contributed by atoms with E-state index in [2.05, 4.69) is 4.98 Å². The third-order valence-electron chi connectivity index (χ3n) is 5.50. The standard InChI is InChI=1S/C22H28ClN3O3S/c1-15(2)12-26-20(13-25(19-8-9-19)21(27)17-6-7-17)11-24-22(26)30(28,29)14-16-4-3-5-18(23)10-16/h3-5,10-11,15,17,19H,6-9,12-14H2,1-2H3. The van der Waals surface area contributed by atoms with Crippen LogP contribution in [0.2, 0.25) is 5.02 Å². The Morgan fingerprint density at radius 1 is 1.27 bits per heavy atom. The number of benzene rings is 1. The summed E-state index contributed by atoms with van der Waals surface area (Å²) in [7, 11) is -3.66. The first-order valence-corrected chi connectivity index (χ1v) is 12.6. The second-order valence-corrected chi connectivity index (χ2v) is 11.2. The van der Waals surface area contributed by atoms with Gasteiger partial charge in [0.1, 0.15) is 0 Å². The molecule has 6 nitrogen and oxygen atoms in total. The van der Waals surface area contributed by atoms with E-state index in [9.17, 15) is 13.2 Å². The first-order valence-electron chi connectivity index (χ1n) is 10.6. The average molecular weight is 450 g/mol. The second-order valence-electron chi connectivity index (χ2n) is 8.90. The number of hydrogen-bond donors (Lipinski definition) is 0. The molecule has 2 aliphatic carbocycles. The molecule has 2 saturated carbocycles. The number of halogens is 1. The summed E-state index contributed by atoms with van der Waals surface area (Å²) in [5, 5.41) is 0.577. The third-order valence-corrected chi connectivity index (χ3v) is 7.33. The highest BCUT2D eigenvalue weighted by molar-refractivity contribution is 7.90. The Morgan fingerprint density at radius 2 is 2.00 bits per heavy atom. The molecule has 4 rings (SSSR count). The molecule has 30 heavy (non-hydrogen) atoms. The Kier molecular flexibility index (Phi) is 5.95. The van der Waals surface area contributed by atoms with Crippen molar-refractivity contribution in [1.82, 2.24) is 14.5 Å². The van der Waals surface area contributed by atoms with Crippen molar-refractivity contribution >= 4 is 27.3 Å². The summed E-state index contributed by atoms with van der Waals surface area (Å²) in [4.78, 5) is 19.0. The lowest BCUT2D eigenvalue weighted by Gasteiger charge is -2.24. The van der Waals surface area contributed by atoms with Gasteiger partial charge in [0, 0.05) is 23.5 Å². The summed E-state index contributed by atoms with van der Waals surface area (Å²) in [6.07, 6.45) is 5.61. The van der Waals surface area contributed by atoms with Crippen molar-refractivity contribution in [2.45, 2.75) is 69.6 Å². The number of carbonyl (C=O) groups excluding carboxylic acids is 1. The second kappa shape index (κ2) is 8.35. The number of sulfone groups is 1. The molecule has 2 fully saturated rings. The molecule has 0 spiro atoms. The quantitative estimate of drug-likeness (QED) is 0.578. The van der Waals surface area contributed by atoms with E-state index in [-0.39, 0.29) is 34.7 Å². The number of aromatic nitrogens is 2. The first-order chi connectivity index (χ1) is 14.2. The van der Waals surface area contributed by atoms with Crippen molar-refractivity contribution in [2.75, 3.05) is 0 Å². The van der Waals surface area contributed by atoms with Gasteiger partial charge in [-0.25, -0.2) is 13.4 Å². The van der Waals surface area contributed by atoms with Crippen LogP contribution in [0.4, 0.5) is 0 Å². The molecule has 0 aliphatic heterocycles. The smallest absolute Gasteiger partial charge is 0.228 e. The van der Waals surface area contributed by atoms with E-state index in [1.807, 2.05) is 18.7 Å². The number of nitrogens with zero attached hydrogens (tertiary/aromatic N) is 3. The summed E-state index contributed by atoms with van der Waals surface area (Å²) in [5.74, 6) is 0.443. The molecule has 162 valence electrons. The molecular weight excluding hydrogens is 422 g/mol. The van der Waals surface area contributed by atoms with Crippen molar-refractivity contribution in [2.24, 2.45) is 11.8 Å². The van der Waals surface area contributed by atoms with Crippen LogP contribution in [0.1, 0.15) is 50.8 Å². The van der Waals surface area contributed by atoms with Gasteiger partial charge in [-0.15, -0.1) is 0 Å². The van der Waals surface area contributed by atoms with Crippen molar-refractivity contribution in [3.63, 3.8) is 0 Å². The van der Waals surface area contributed by atoms with Gasteiger partial charge in [-0.05, 0) is 49.3 Å². The third kappa shape index (κ3) is 4.89. The van der Waals surface area contributed by atoms with E-state index in [4.69, 9.17) is 11.6 Å². The Morgan fingerprint density at radius 3 is 2.60 bits per heavy atom. The maximum Gasteiger partial charge on any atom is 0.228 e. The van der Waals surface area contributed by atoms with Gasteiger partial charge in [0.2, 0.25) is 20.9 Å². The van der Waals surface area contributed by atoms with Crippen LogP contribution in [-0.4, -0.2) is 34.8 Å². The van der Waals surface area contributed by atoms with Gasteiger partial charge in [0.15, 0.2) is 0 Å². The number of hydrogen-bond acceptors (Lipinski definition) is 4. The SMILES string of the molecule is CC(C)Cn1c(CN(C(=O)C2CC2)C2CC2)cnc1S(=O)(=O)Cc1cccc(Cl)c1. The molecule has 0 unspecified atom stereocenters. The molecule has 0 radical (unpaired) electrons. The van der Waals surface area contributed by atoms with Crippen LogP contribution >= 0.6 is 11.6 Å². The Balaban J connectivity index is 1.63. The topological polar surface area (TPSA) is 72.3 Å². The average Bonchev–Trinajstić information content (AvgIpc) is 3.57. The lowest BCUT2D eigenvalue weighted by atomic mass is 10.2. The highest BCUT2D eigenvalue weighted by Crippen LogP contribution is 2.37. The summed E-state index contributed by atoms with van der Waals surface area (Å²) in [5.41, 5.74) is 1.42. The van der Waals surface area contributed by atoms with Crippen molar-refractivity contribution < 1.29 is 13.2 Å². The number of imidazole rings is 1.